The molecule has 0 amide bonds. The van der Waals surface area contributed by atoms with Gasteiger partial charge in [-0.25, -0.2) is 0 Å². The van der Waals surface area contributed by atoms with E-state index in [1.54, 1.807) is 6.07 Å². The summed E-state index contributed by atoms with van der Waals surface area (Å²) in [4.78, 5) is 1.03. The summed E-state index contributed by atoms with van der Waals surface area (Å²) in [5, 5.41) is 1.35. The summed E-state index contributed by atoms with van der Waals surface area (Å²) in [5.74, 6) is 0. The molecule has 0 spiro atoms. The molecule has 0 radical (unpaired) electrons. The topological polar surface area (TPSA) is 0 Å². The number of rotatable bonds is 0. The van der Waals surface area contributed by atoms with E-state index in [2.05, 4.69) is 0 Å². The van der Waals surface area contributed by atoms with Crippen LogP contribution in [-0.2, 0) is 0 Å². The molecule has 1 aliphatic heterocycles. The number of halogens is 3. The van der Waals surface area contributed by atoms with Crippen molar-refractivity contribution in [3.05, 3.63) is 32.6 Å². The summed E-state index contributed by atoms with van der Waals surface area (Å²) >= 11 is 19.0. The molecule has 0 bridgehead atoms. The average Bonchev–Trinajstić information content (AvgIpc) is 2.29. The van der Waals surface area contributed by atoms with Crippen LogP contribution < -0.4 is 0 Å². The van der Waals surface area contributed by atoms with Crippen molar-refractivity contribution in [3.63, 3.8) is 0 Å². The Bertz CT molecular complexity index is 394. The van der Waals surface area contributed by atoms with E-state index in [-0.39, 0.29) is 0 Å². The molecule has 0 aromatic rings. The molecule has 2 aliphatic rings. The molecule has 4 heteroatoms. The minimum Gasteiger partial charge on any atom is -0.123 e. The lowest BCUT2D eigenvalue weighted by molar-refractivity contribution is 1.84. The van der Waals surface area contributed by atoms with Crippen LogP contribution in [0.25, 0.3) is 10.4 Å². The van der Waals surface area contributed by atoms with Gasteiger partial charge in [-0.05, 0) is 18.2 Å². The van der Waals surface area contributed by atoms with Gasteiger partial charge in [-0.15, -0.1) is 11.3 Å². The zero-order valence-corrected chi connectivity index (χ0v) is 8.86. The van der Waals surface area contributed by atoms with Crippen molar-refractivity contribution in [1.82, 2.24) is 0 Å². The van der Waals surface area contributed by atoms with Gasteiger partial charge in [0.1, 0.15) is 0 Å². The van der Waals surface area contributed by atoms with E-state index < -0.39 is 0 Å². The van der Waals surface area contributed by atoms with E-state index in [0.29, 0.717) is 14.4 Å². The fourth-order valence-electron chi connectivity index (χ4n) is 1.04. The van der Waals surface area contributed by atoms with E-state index in [0.717, 1.165) is 10.4 Å². The van der Waals surface area contributed by atoms with Gasteiger partial charge in [0.15, 0.2) is 0 Å². The lowest BCUT2D eigenvalue weighted by Gasteiger charge is -1.99. The second-order valence-electron chi connectivity index (χ2n) is 2.35. The Hall–Kier alpha value is 0.0500. The Morgan fingerprint density at radius 2 is 1.75 bits per heavy atom. The summed E-state index contributed by atoms with van der Waals surface area (Å²) in [6.07, 6.45) is 0. The SMILES string of the molecule is Clc1cc2sc(Cl)cc(Cl)c-2c1. The summed E-state index contributed by atoms with van der Waals surface area (Å²) < 4.78 is 0.676. The van der Waals surface area contributed by atoms with Gasteiger partial charge >= 0.3 is 0 Å². The van der Waals surface area contributed by atoms with E-state index in [9.17, 15) is 0 Å². The van der Waals surface area contributed by atoms with Gasteiger partial charge < -0.3 is 0 Å². The zero-order chi connectivity index (χ0) is 8.72. The van der Waals surface area contributed by atoms with Crippen molar-refractivity contribution in [2.24, 2.45) is 0 Å². The van der Waals surface area contributed by atoms with E-state index in [1.807, 2.05) is 12.1 Å². The smallest absolute Gasteiger partial charge is 0.0949 e. The third-order valence-corrected chi connectivity index (χ3v) is 3.26. The van der Waals surface area contributed by atoms with Crippen molar-refractivity contribution in [2.75, 3.05) is 0 Å². The molecule has 0 N–H and O–H groups in total. The molecule has 1 heterocycles. The minimum atomic E-state index is 0.653. The molecule has 0 aromatic carbocycles. The molecular weight excluding hydrogens is 235 g/mol. The second kappa shape index (κ2) is 3.08. The normalized spacial score (nSPS) is 10.9. The van der Waals surface area contributed by atoms with Crippen molar-refractivity contribution in [2.45, 2.75) is 0 Å². The van der Waals surface area contributed by atoms with Crippen LogP contribution in [0.3, 0.4) is 0 Å². The summed E-state index contributed by atoms with van der Waals surface area (Å²) in [7, 11) is 0. The molecule has 0 saturated heterocycles. The van der Waals surface area contributed by atoms with Crippen LogP contribution in [0.4, 0.5) is 0 Å². The molecule has 0 aromatic heterocycles. The van der Waals surface area contributed by atoms with Crippen LogP contribution in [0, 0.1) is 0 Å². The maximum absolute atomic E-state index is 5.94. The summed E-state index contributed by atoms with van der Waals surface area (Å²) in [6, 6.07) is 5.43. The Labute approximate surface area is 89.0 Å². The number of hydrogen-bond donors (Lipinski definition) is 0. The Morgan fingerprint density at radius 3 is 2.50 bits per heavy atom. The Balaban J connectivity index is 2.79. The van der Waals surface area contributed by atoms with E-state index >= 15 is 0 Å². The van der Waals surface area contributed by atoms with Gasteiger partial charge in [0.2, 0.25) is 0 Å². The van der Waals surface area contributed by atoms with Crippen LogP contribution in [-0.4, -0.2) is 0 Å². The largest absolute Gasteiger partial charge is 0.123 e. The van der Waals surface area contributed by atoms with Crippen LogP contribution in [0.2, 0.25) is 14.4 Å². The maximum atomic E-state index is 5.94. The third kappa shape index (κ3) is 1.42. The molecular formula is C8H3Cl3S. The second-order valence-corrected chi connectivity index (χ2v) is 4.91. The highest BCUT2D eigenvalue weighted by atomic mass is 35.5. The molecule has 0 atom stereocenters. The lowest BCUT2D eigenvalue weighted by atomic mass is 10.3. The molecule has 2 rings (SSSR count). The molecule has 0 saturated carbocycles. The monoisotopic (exact) mass is 236 g/mol. The highest BCUT2D eigenvalue weighted by molar-refractivity contribution is 7.19. The van der Waals surface area contributed by atoms with E-state index in [1.165, 1.54) is 11.3 Å². The molecule has 12 heavy (non-hydrogen) atoms. The van der Waals surface area contributed by atoms with Crippen LogP contribution in [0.5, 0.6) is 0 Å². The third-order valence-electron chi connectivity index (χ3n) is 1.52. The summed E-state index contributed by atoms with van der Waals surface area (Å²) in [6.45, 7) is 0. The minimum absolute atomic E-state index is 0.653. The molecule has 0 fully saturated rings. The fourth-order valence-corrected chi connectivity index (χ4v) is 2.97. The summed E-state index contributed by atoms with van der Waals surface area (Å²) in [5.41, 5.74) is 0.969. The predicted octanol–water partition coefficient (Wildman–Crippen LogP) is 4.81. The first-order valence-electron chi connectivity index (χ1n) is 3.21. The highest BCUT2D eigenvalue weighted by Crippen LogP contribution is 2.41. The number of fused-ring (bicyclic) bond motifs is 1. The molecule has 62 valence electrons. The van der Waals surface area contributed by atoms with Crippen LogP contribution in [0.1, 0.15) is 0 Å². The predicted molar refractivity (Wildman–Crippen MR) is 56.0 cm³/mol. The van der Waals surface area contributed by atoms with Gasteiger partial charge in [0, 0.05) is 15.5 Å². The lowest BCUT2D eigenvalue weighted by Crippen LogP contribution is -1.70. The first-order chi connectivity index (χ1) is 5.66. The molecule has 0 nitrogen and oxygen atoms in total. The van der Waals surface area contributed by atoms with Crippen LogP contribution >= 0.6 is 46.1 Å². The van der Waals surface area contributed by atoms with Gasteiger partial charge in [-0.3, -0.25) is 0 Å². The van der Waals surface area contributed by atoms with Crippen molar-refractivity contribution < 1.29 is 0 Å². The van der Waals surface area contributed by atoms with Crippen LogP contribution in [0.15, 0.2) is 18.2 Å². The Kier molecular flexibility index (Phi) is 2.21. The molecule has 0 unspecified atom stereocenters. The van der Waals surface area contributed by atoms with Gasteiger partial charge in [-0.2, -0.15) is 0 Å². The quantitative estimate of drug-likeness (QED) is 0.617. The Morgan fingerprint density at radius 1 is 1.00 bits per heavy atom. The van der Waals surface area contributed by atoms with Gasteiger partial charge in [-0.1, -0.05) is 34.8 Å². The molecule has 1 aliphatic carbocycles. The van der Waals surface area contributed by atoms with Crippen molar-refractivity contribution in [3.8, 4) is 10.4 Å². The fraction of sp³-hybridized carbons (Fsp3) is 0. The maximum Gasteiger partial charge on any atom is 0.0949 e. The van der Waals surface area contributed by atoms with Crippen molar-refractivity contribution in [1.29, 1.82) is 0 Å². The van der Waals surface area contributed by atoms with Crippen molar-refractivity contribution >= 4 is 46.1 Å². The van der Waals surface area contributed by atoms with E-state index in [4.69, 9.17) is 34.8 Å². The number of hydrogen-bond acceptors (Lipinski definition) is 1. The average molecular weight is 238 g/mol. The highest BCUT2D eigenvalue weighted by Gasteiger charge is 2.11. The first kappa shape index (κ1) is 8.64. The van der Waals surface area contributed by atoms with Gasteiger partial charge in [0.05, 0.1) is 9.36 Å². The van der Waals surface area contributed by atoms with Gasteiger partial charge in [0.25, 0.3) is 0 Å². The first-order valence-corrected chi connectivity index (χ1v) is 5.16. The zero-order valence-electron chi connectivity index (χ0n) is 5.77. The standard InChI is InChI=1S/C8H3Cl3S/c9-4-1-5-6(10)3-8(11)12-7(5)2-4/h1-3H.